The van der Waals surface area contributed by atoms with Gasteiger partial charge in [0.05, 0.1) is 19.8 Å². The summed E-state index contributed by atoms with van der Waals surface area (Å²) in [4.78, 5) is 33.6. The van der Waals surface area contributed by atoms with E-state index in [0.29, 0.717) is 6.61 Å². The summed E-state index contributed by atoms with van der Waals surface area (Å²) in [5, 5.41) is 8.91. The maximum absolute atomic E-state index is 12.7. The number of hydrogen-bond acceptors (Lipinski definition) is 8. The molecule has 0 spiro atoms. The zero-order valence-corrected chi connectivity index (χ0v) is 38.6. The van der Waals surface area contributed by atoms with Crippen molar-refractivity contribution in [1.82, 2.24) is 0 Å². The number of allylic oxidation sites excluding steroid dienone is 2. The fraction of sp³-hybridized carbons (Fsp3) is 0.915. The Morgan fingerprint density at radius 2 is 0.897 bits per heavy atom. The van der Waals surface area contributed by atoms with Crippen molar-refractivity contribution in [3.63, 3.8) is 0 Å². The van der Waals surface area contributed by atoms with Crippen LogP contribution in [0.1, 0.15) is 239 Å². The number of hydrogen-bond donors (Lipinski definition) is 3. The molecule has 0 aliphatic carbocycles. The summed E-state index contributed by atoms with van der Waals surface area (Å²) in [6, 6.07) is -1.47. The van der Waals surface area contributed by atoms with Gasteiger partial charge in [-0.2, -0.15) is 0 Å². The Balaban J connectivity index is 4.14. The summed E-state index contributed by atoms with van der Waals surface area (Å²) in [6.45, 7) is 3.91. The first kappa shape index (κ1) is 56.7. The van der Waals surface area contributed by atoms with Crippen molar-refractivity contribution in [2.24, 2.45) is 5.73 Å². The number of aliphatic carboxylic acids is 1. The van der Waals surface area contributed by atoms with Gasteiger partial charge in [-0.15, -0.1) is 0 Å². The van der Waals surface area contributed by atoms with Gasteiger partial charge >= 0.3 is 19.8 Å². The van der Waals surface area contributed by atoms with E-state index in [4.69, 9.17) is 29.4 Å². The summed E-state index contributed by atoms with van der Waals surface area (Å²) >= 11 is 0. The van der Waals surface area contributed by atoms with Crippen LogP contribution in [0.2, 0.25) is 0 Å². The Morgan fingerprint density at radius 1 is 0.534 bits per heavy atom. The number of carbonyl (C=O) groups excluding carboxylic acids is 1. The van der Waals surface area contributed by atoms with Crippen molar-refractivity contribution >= 4 is 19.8 Å². The fourth-order valence-electron chi connectivity index (χ4n) is 7.01. The van der Waals surface area contributed by atoms with E-state index in [1.54, 1.807) is 0 Å². The smallest absolute Gasteiger partial charge is 0.472 e. The van der Waals surface area contributed by atoms with Gasteiger partial charge in [-0.1, -0.05) is 206 Å². The van der Waals surface area contributed by atoms with Crippen molar-refractivity contribution in [1.29, 1.82) is 0 Å². The fourth-order valence-corrected chi connectivity index (χ4v) is 7.79. The number of nitrogens with two attached hydrogens (primary N) is 1. The van der Waals surface area contributed by atoms with Crippen molar-refractivity contribution in [2.45, 2.75) is 251 Å². The van der Waals surface area contributed by atoms with E-state index < -0.39 is 45.1 Å². The molecule has 0 aromatic carbocycles. The SMILES string of the molecule is CCCCCCCC/C=C\CCCCCCCCOCC(COP(=O)(O)OCC(N)C(=O)O)OC(=O)CCCCCCCCCCCCCCCCCCCCCC. The normalized spacial score (nSPS) is 13.9. The number of esters is 1. The molecule has 344 valence electrons. The lowest BCUT2D eigenvalue weighted by atomic mass is 10.0. The zero-order chi connectivity index (χ0) is 42.6. The van der Waals surface area contributed by atoms with E-state index in [1.165, 1.54) is 173 Å². The molecule has 11 heteroatoms. The third kappa shape index (κ3) is 42.8. The third-order valence-electron chi connectivity index (χ3n) is 10.8. The lowest BCUT2D eigenvalue weighted by Gasteiger charge is -2.20. The van der Waals surface area contributed by atoms with E-state index in [1.807, 2.05) is 0 Å². The summed E-state index contributed by atoms with van der Waals surface area (Å²) in [6.07, 6.45) is 46.9. The van der Waals surface area contributed by atoms with Gasteiger partial charge in [0.2, 0.25) is 0 Å². The van der Waals surface area contributed by atoms with Crippen molar-refractivity contribution < 1.29 is 42.7 Å². The third-order valence-corrected chi connectivity index (χ3v) is 11.7. The van der Waals surface area contributed by atoms with Gasteiger partial charge in [-0.25, -0.2) is 4.57 Å². The summed E-state index contributed by atoms with van der Waals surface area (Å²) in [5.74, 6) is -1.77. The van der Waals surface area contributed by atoms with Crippen LogP contribution in [0.25, 0.3) is 0 Å². The Bertz CT molecular complexity index is 982. The minimum Gasteiger partial charge on any atom is -0.480 e. The molecule has 3 unspecified atom stereocenters. The summed E-state index contributed by atoms with van der Waals surface area (Å²) in [5.41, 5.74) is 5.37. The molecule has 0 aliphatic heterocycles. The molecule has 0 heterocycles. The zero-order valence-electron chi connectivity index (χ0n) is 37.7. The van der Waals surface area contributed by atoms with Crippen LogP contribution in [0.4, 0.5) is 0 Å². The van der Waals surface area contributed by atoms with Crippen molar-refractivity contribution in [3.05, 3.63) is 12.2 Å². The molecule has 3 atom stereocenters. The lowest BCUT2D eigenvalue weighted by Crippen LogP contribution is -2.34. The highest BCUT2D eigenvalue weighted by molar-refractivity contribution is 7.47. The highest BCUT2D eigenvalue weighted by Crippen LogP contribution is 2.43. The van der Waals surface area contributed by atoms with Gasteiger partial charge in [-0.05, 0) is 38.5 Å². The predicted octanol–water partition coefficient (Wildman–Crippen LogP) is 13.7. The van der Waals surface area contributed by atoms with E-state index in [0.717, 1.165) is 44.9 Å². The van der Waals surface area contributed by atoms with Crippen LogP contribution < -0.4 is 5.73 Å². The van der Waals surface area contributed by atoms with Crippen LogP contribution in [0.5, 0.6) is 0 Å². The van der Waals surface area contributed by atoms with Crippen LogP contribution in [-0.2, 0) is 32.7 Å². The molecule has 4 N–H and O–H groups in total. The van der Waals surface area contributed by atoms with Gasteiger partial charge in [0.25, 0.3) is 0 Å². The highest BCUT2D eigenvalue weighted by atomic mass is 31.2. The Kier molecular flexibility index (Phi) is 42.8. The average Bonchev–Trinajstić information content (AvgIpc) is 3.20. The monoisotopic (exact) mass is 846 g/mol. The highest BCUT2D eigenvalue weighted by Gasteiger charge is 2.27. The molecule has 0 bridgehead atoms. The second kappa shape index (κ2) is 43.8. The number of carboxylic acid groups (broad SMARTS) is 1. The minimum atomic E-state index is -4.61. The second-order valence-electron chi connectivity index (χ2n) is 16.6. The summed E-state index contributed by atoms with van der Waals surface area (Å²) in [7, 11) is -4.61. The Hall–Kier alpha value is -1.29. The van der Waals surface area contributed by atoms with Crippen LogP contribution in [-0.4, -0.2) is 60.5 Å². The van der Waals surface area contributed by atoms with Crippen LogP contribution >= 0.6 is 7.82 Å². The van der Waals surface area contributed by atoms with Gasteiger partial charge < -0.3 is 25.2 Å². The Labute approximate surface area is 356 Å². The topological polar surface area (TPSA) is 155 Å². The first-order valence-electron chi connectivity index (χ1n) is 24.2. The maximum atomic E-state index is 12.7. The molecule has 0 saturated heterocycles. The number of phosphoric acid groups is 1. The van der Waals surface area contributed by atoms with Gasteiger partial charge in [0.1, 0.15) is 12.1 Å². The number of rotatable bonds is 47. The molecule has 10 nitrogen and oxygen atoms in total. The minimum absolute atomic E-state index is 0.0186. The standard InChI is InChI=1S/C47H92NO9P/c1-3-5-7-9-11-13-15-17-19-21-22-23-24-25-27-29-31-33-35-37-39-46(49)57-44(42-55-58(52,53)56-43-45(48)47(50)51)41-54-40-38-36-34-32-30-28-26-20-18-16-14-12-10-8-6-4-2/h18,20,44-45H,3-17,19,21-43,48H2,1-2H3,(H,50,51)(H,52,53)/b20-18-. The van der Waals surface area contributed by atoms with Gasteiger partial charge in [-0.3, -0.25) is 18.6 Å². The molecular weight excluding hydrogens is 753 g/mol. The van der Waals surface area contributed by atoms with Crippen LogP contribution in [0.3, 0.4) is 0 Å². The average molecular weight is 846 g/mol. The summed E-state index contributed by atoms with van der Waals surface area (Å²) < 4.78 is 33.4. The van der Waals surface area contributed by atoms with Crippen molar-refractivity contribution in [2.75, 3.05) is 26.4 Å². The van der Waals surface area contributed by atoms with E-state index in [2.05, 4.69) is 26.0 Å². The van der Waals surface area contributed by atoms with E-state index >= 15 is 0 Å². The number of phosphoric ester groups is 1. The van der Waals surface area contributed by atoms with Crippen molar-refractivity contribution in [3.8, 4) is 0 Å². The molecule has 0 rings (SSSR count). The molecular formula is C47H92NO9P. The number of carboxylic acids is 1. The molecule has 0 amide bonds. The van der Waals surface area contributed by atoms with E-state index in [9.17, 15) is 19.0 Å². The first-order valence-corrected chi connectivity index (χ1v) is 25.7. The molecule has 0 saturated carbocycles. The molecule has 58 heavy (non-hydrogen) atoms. The second-order valence-corrected chi connectivity index (χ2v) is 18.1. The Morgan fingerprint density at radius 3 is 1.31 bits per heavy atom. The molecule has 0 aliphatic rings. The first-order chi connectivity index (χ1) is 28.2. The molecule has 0 aromatic heterocycles. The lowest BCUT2D eigenvalue weighted by molar-refractivity contribution is -0.154. The van der Waals surface area contributed by atoms with Gasteiger partial charge in [0.15, 0.2) is 0 Å². The van der Waals surface area contributed by atoms with Crippen LogP contribution in [0.15, 0.2) is 12.2 Å². The molecule has 0 fully saturated rings. The predicted molar refractivity (Wildman–Crippen MR) is 240 cm³/mol. The maximum Gasteiger partial charge on any atom is 0.472 e. The molecule has 0 radical (unpaired) electrons. The van der Waals surface area contributed by atoms with E-state index in [-0.39, 0.29) is 13.0 Å². The number of carbonyl (C=O) groups is 2. The number of unbranched alkanes of at least 4 members (excludes halogenated alkanes) is 31. The van der Waals surface area contributed by atoms with Gasteiger partial charge in [0, 0.05) is 13.0 Å². The number of ether oxygens (including phenoxy) is 2. The quantitative estimate of drug-likeness (QED) is 0.0233. The molecule has 0 aromatic rings. The largest absolute Gasteiger partial charge is 0.480 e. The van der Waals surface area contributed by atoms with Crippen LogP contribution in [0, 0.1) is 0 Å².